The molecule has 1 nitrogen and oxygen atoms in total. The molecule has 1 aromatic carbocycles. The maximum Gasteiger partial charge on any atom is 0.131 e. The van der Waals surface area contributed by atoms with Gasteiger partial charge in [-0.05, 0) is 13.0 Å². The second-order valence-corrected chi connectivity index (χ2v) is 3.11. The van der Waals surface area contributed by atoms with Crippen LogP contribution in [-0.2, 0) is 5.54 Å². The molecule has 0 aliphatic heterocycles. The van der Waals surface area contributed by atoms with Crippen molar-refractivity contribution in [3.8, 4) is 0 Å². The van der Waals surface area contributed by atoms with Crippen LogP contribution in [0.5, 0.6) is 0 Å². The number of rotatable bonds is 2. The largest absolute Gasteiger partial charge is 0.318 e. The normalized spacial score (nSPS) is 15.1. The molecule has 13 heavy (non-hydrogen) atoms. The van der Waals surface area contributed by atoms with E-state index in [1.165, 1.54) is 18.2 Å². The molecule has 0 saturated carbocycles. The van der Waals surface area contributed by atoms with Gasteiger partial charge in [0.25, 0.3) is 0 Å². The van der Waals surface area contributed by atoms with Crippen molar-refractivity contribution in [3.63, 3.8) is 0 Å². The van der Waals surface area contributed by atoms with Crippen molar-refractivity contribution in [2.75, 3.05) is 0 Å². The second-order valence-electron chi connectivity index (χ2n) is 3.11. The summed E-state index contributed by atoms with van der Waals surface area (Å²) in [4.78, 5) is 0. The van der Waals surface area contributed by atoms with Crippen LogP contribution in [0.4, 0.5) is 8.78 Å². The lowest BCUT2D eigenvalue weighted by Gasteiger charge is -2.20. The summed E-state index contributed by atoms with van der Waals surface area (Å²) in [5.41, 5.74) is 4.99. The number of nitrogens with two attached hydrogens (primary N) is 1. The highest BCUT2D eigenvalue weighted by Crippen LogP contribution is 2.22. The van der Waals surface area contributed by atoms with Crippen molar-refractivity contribution in [1.29, 1.82) is 0 Å². The molecule has 0 fully saturated rings. The molecule has 0 heterocycles. The predicted octanol–water partition coefficient (Wildman–Crippen LogP) is 2.32. The fourth-order valence-electron chi connectivity index (χ4n) is 1.04. The third-order valence-electron chi connectivity index (χ3n) is 1.94. The molecule has 1 atom stereocenters. The quantitative estimate of drug-likeness (QED) is 0.699. The van der Waals surface area contributed by atoms with E-state index in [4.69, 9.17) is 5.73 Å². The first kappa shape index (κ1) is 9.86. The molecule has 0 bridgehead atoms. The monoisotopic (exact) mass is 183 g/mol. The lowest BCUT2D eigenvalue weighted by molar-refractivity contribution is 0.528. The Kier molecular flexibility index (Phi) is 2.48. The Balaban J connectivity index is 3.23. The minimum absolute atomic E-state index is 0.240. The van der Waals surface area contributed by atoms with Crippen molar-refractivity contribution >= 4 is 0 Å². The van der Waals surface area contributed by atoms with Crippen LogP contribution in [0.15, 0.2) is 30.9 Å². The third kappa shape index (κ3) is 1.92. The van der Waals surface area contributed by atoms with Gasteiger partial charge in [0.05, 0.1) is 5.54 Å². The highest BCUT2D eigenvalue weighted by molar-refractivity contribution is 5.29. The molecular formula is C10H11F2N. The third-order valence-corrected chi connectivity index (χ3v) is 1.94. The molecule has 0 aliphatic carbocycles. The van der Waals surface area contributed by atoms with Gasteiger partial charge in [-0.2, -0.15) is 0 Å². The first-order valence-electron chi connectivity index (χ1n) is 3.85. The van der Waals surface area contributed by atoms with Crippen molar-refractivity contribution in [2.45, 2.75) is 12.5 Å². The van der Waals surface area contributed by atoms with Crippen molar-refractivity contribution < 1.29 is 8.78 Å². The van der Waals surface area contributed by atoms with Crippen LogP contribution in [0.3, 0.4) is 0 Å². The average molecular weight is 183 g/mol. The summed E-state index contributed by atoms with van der Waals surface area (Å²) in [6.07, 6.45) is 1.42. The summed E-state index contributed by atoms with van der Waals surface area (Å²) in [5, 5.41) is 0. The van der Waals surface area contributed by atoms with Crippen LogP contribution in [0.25, 0.3) is 0 Å². The van der Waals surface area contributed by atoms with Crippen LogP contribution in [0.1, 0.15) is 12.5 Å². The summed E-state index contributed by atoms with van der Waals surface area (Å²) in [7, 11) is 0. The van der Waals surface area contributed by atoms with Gasteiger partial charge in [0.15, 0.2) is 0 Å². The average Bonchev–Trinajstić information content (AvgIpc) is 2.03. The van der Waals surface area contributed by atoms with Crippen molar-refractivity contribution in [2.24, 2.45) is 5.73 Å². The van der Waals surface area contributed by atoms with Gasteiger partial charge in [-0.3, -0.25) is 0 Å². The Morgan fingerprint density at radius 3 is 2.54 bits per heavy atom. The summed E-state index contributed by atoms with van der Waals surface area (Å²) in [5.74, 6) is -1.26. The minimum atomic E-state index is -0.961. The summed E-state index contributed by atoms with van der Waals surface area (Å²) < 4.78 is 25.7. The lowest BCUT2D eigenvalue weighted by Crippen LogP contribution is -2.31. The van der Waals surface area contributed by atoms with Crippen molar-refractivity contribution in [1.82, 2.24) is 0 Å². The highest BCUT2D eigenvalue weighted by atomic mass is 19.1. The Morgan fingerprint density at radius 1 is 1.46 bits per heavy atom. The van der Waals surface area contributed by atoms with Gasteiger partial charge in [-0.1, -0.05) is 12.1 Å². The van der Waals surface area contributed by atoms with Gasteiger partial charge < -0.3 is 5.73 Å². The molecular weight excluding hydrogens is 172 g/mol. The van der Waals surface area contributed by atoms with E-state index in [1.54, 1.807) is 6.92 Å². The molecule has 3 heteroatoms. The number of halogens is 2. The Bertz CT molecular complexity index is 332. The van der Waals surface area contributed by atoms with E-state index in [1.807, 2.05) is 0 Å². The number of hydrogen-bond donors (Lipinski definition) is 1. The van der Waals surface area contributed by atoms with E-state index in [0.29, 0.717) is 0 Å². The second kappa shape index (κ2) is 3.26. The van der Waals surface area contributed by atoms with Crippen molar-refractivity contribution in [3.05, 3.63) is 48.1 Å². The molecule has 0 aliphatic rings. The van der Waals surface area contributed by atoms with E-state index in [0.717, 1.165) is 6.07 Å². The SMILES string of the molecule is C=CC(C)(N)c1ccc(F)cc1F. The minimum Gasteiger partial charge on any atom is -0.318 e. The van der Waals surface area contributed by atoms with Gasteiger partial charge in [-0.25, -0.2) is 8.78 Å². The standard InChI is InChI=1S/C10H11F2N/c1-3-10(2,13)8-5-4-7(11)6-9(8)12/h3-6H,1,13H2,2H3. The van der Waals surface area contributed by atoms with E-state index in [-0.39, 0.29) is 5.56 Å². The highest BCUT2D eigenvalue weighted by Gasteiger charge is 2.20. The zero-order valence-electron chi connectivity index (χ0n) is 7.35. The van der Waals surface area contributed by atoms with E-state index in [2.05, 4.69) is 6.58 Å². The lowest BCUT2D eigenvalue weighted by atomic mass is 9.93. The predicted molar refractivity (Wildman–Crippen MR) is 48.1 cm³/mol. The fourth-order valence-corrected chi connectivity index (χ4v) is 1.04. The van der Waals surface area contributed by atoms with E-state index < -0.39 is 17.2 Å². The van der Waals surface area contributed by atoms with Crippen LogP contribution < -0.4 is 5.73 Å². The summed E-state index contributed by atoms with van der Waals surface area (Å²) in [6, 6.07) is 3.31. The Morgan fingerprint density at radius 2 is 2.08 bits per heavy atom. The van der Waals surface area contributed by atoms with Gasteiger partial charge in [0, 0.05) is 11.6 Å². The van der Waals surface area contributed by atoms with E-state index in [9.17, 15) is 8.78 Å². The first-order chi connectivity index (χ1) is 5.97. The molecule has 70 valence electrons. The van der Waals surface area contributed by atoms with Crippen LogP contribution >= 0.6 is 0 Å². The molecule has 0 spiro atoms. The molecule has 1 aromatic rings. The molecule has 0 radical (unpaired) electrons. The smallest absolute Gasteiger partial charge is 0.131 e. The maximum atomic E-state index is 13.2. The van der Waals surface area contributed by atoms with Gasteiger partial charge >= 0.3 is 0 Å². The topological polar surface area (TPSA) is 26.0 Å². The van der Waals surface area contributed by atoms with Gasteiger partial charge in [-0.15, -0.1) is 6.58 Å². The first-order valence-corrected chi connectivity index (χ1v) is 3.85. The molecule has 2 N–H and O–H groups in total. The molecule has 0 saturated heterocycles. The summed E-state index contributed by atoms with van der Waals surface area (Å²) in [6.45, 7) is 5.09. The Hall–Kier alpha value is -1.22. The summed E-state index contributed by atoms with van der Waals surface area (Å²) >= 11 is 0. The molecule has 1 rings (SSSR count). The maximum absolute atomic E-state index is 13.2. The van der Waals surface area contributed by atoms with E-state index >= 15 is 0 Å². The molecule has 0 aromatic heterocycles. The number of benzene rings is 1. The molecule has 1 unspecified atom stereocenters. The Labute approximate surface area is 75.9 Å². The fraction of sp³-hybridized carbons (Fsp3) is 0.200. The molecule has 0 amide bonds. The van der Waals surface area contributed by atoms with Crippen LogP contribution in [0.2, 0.25) is 0 Å². The van der Waals surface area contributed by atoms with Gasteiger partial charge in [0.2, 0.25) is 0 Å². The zero-order chi connectivity index (χ0) is 10.1. The number of hydrogen-bond acceptors (Lipinski definition) is 1. The zero-order valence-corrected chi connectivity index (χ0v) is 7.35. The van der Waals surface area contributed by atoms with Crippen LogP contribution in [0, 0.1) is 11.6 Å². The van der Waals surface area contributed by atoms with Gasteiger partial charge in [0.1, 0.15) is 11.6 Å². The van der Waals surface area contributed by atoms with Crippen LogP contribution in [-0.4, -0.2) is 0 Å².